The highest BCUT2D eigenvalue weighted by Crippen LogP contribution is 2.57. The van der Waals surface area contributed by atoms with Crippen molar-refractivity contribution in [2.24, 2.45) is 11.3 Å². The molecule has 0 aromatic heterocycles. The Kier molecular flexibility index (Phi) is 3.27. The molecule has 1 aromatic carbocycles. The number of methoxy groups -OCH3 is 1. The van der Waals surface area contributed by atoms with E-state index in [2.05, 4.69) is 13.8 Å². The summed E-state index contributed by atoms with van der Waals surface area (Å²) in [7, 11) is 1.49. The molecule has 3 atom stereocenters. The number of aromatic hydroxyl groups is 1. The molecule has 1 N–H and O–H groups in total. The Hall–Kier alpha value is -1.51. The maximum absolute atomic E-state index is 12.4. The van der Waals surface area contributed by atoms with Gasteiger partial charge in [-0.15, -0.1) is 0 Å². The molecule has 0 heterocycles. The van der Waals surface area contributed by atoms with Crippen molar-refractivity contribution in [3.8, 4) is 5.75 Å². The molecule has 0 saturated heterocycles. The quantitative estimate of drug-likeness (QED) is 0.803. The Morgan fingerprint density at radius 3 is 2.81 bits per heavy atom. The maximum Gasteiger partial charge on any atom is 0.311 e. The molecule has 21 heavy (non-hydrogen) atoms. The Bertz CT molecular complexity index is 580. The number of hydrogen-bond acceptors (Lipinski definition) is 3. The number of phenolic OH excluding ortho intramolecular Hbond substituents is 1. The van der Waals surface area contributed by atoms with E-state index in [0.29, 0.717) is 5.75 Å². The molecular formula is C18H24O3. The standard InChI is InChI=1S/C18H24O3/c1-17-9-4-10-18(2,16(20)21-3)15(17)8-6-12-5-7-13(19)11-14(12)17/h5,7,11,15,19H,4,6,8-10H2,1-3H3/t15?,17-,18+/m1/s1. The summed E-state index contributed by atoms with van der Waals surface area (Å²) in [5.74, 6) is 0.517. The van der Waals surface area contributed by atoms with Gasteiger partial charge in [-0.25, -0.2) is 0 Å². The van der Waals surface area contributed by atoms with Crippen molar-refractivity contribution in [1.29, 1.82) is 0 Å². The minimum absolute atomic E-state index is 0.0481. The number of fused-ring (bicyclic) bond motifs is 3. The molecule has 1 saturated carbocycles. The van der Waals surface area contributed by atoms with Crippen LogP contribution in [0.4, 0.5) is 0 Å². The van der Waals surface area contributed by atoms with Crippen LogP contribution in [0, 0.1) is 11.3 Å². The number of carbonyl (C=O) groups excluding carboxylic acids is 1. The lowest BCUT2D eigenvalue weighted by molar-refractivity contribution is -0.161. The zero-order valence-electron chi connectivity index (χ0n) is 13.1. The molecule has 1 aromatic rings. The number of benzene rings is 1. The average Bonchev–Trinajstić information content (AvgIpc) is 2.46. The van der Waals surface area contributed by atoms with Crippen LogP contribution in [0.5, 0.6) is 5.75 Å². The van der Waals surface area contributed by atoms with Crippen molar-refractivity contribution >= 4 is 5.97 Å². The van der Waals surface area contributed by atoms with Crippen molar-refractivity contribution in [2.75, 3.05) is 7.11 Å². The number of esters is 1. The minimum atomic E-state index is -0.412. The first-order chi connectivity index (χ1) is 9.91. The molecule has 0 aliphatic heterocycles. The highest BCUT2D eigenvalue weighted by Gasteiger charge is 2.55. The van der Waals surface area contributed by atoms with Crippen LogP contribution in [-0.4, -0.2) is 18.2 Å². The largest absolute Gasteiger partial charge is 0.508 e. The van der Waals surface area contributed by atoms with Gasteiger partial charge < -0.3 is 9.84 Å². The van der Waals surface area contributed by atoms with E-state index in [9.17, 15) is 9.90 Å². The molecule has 3 heteroatoms. The third-order valence-electron chi connectivity index (χ3n) is 5.99. The van der Waals surface area contributed by atoms with Gasteiger partial charge in [0.05, 0.1) is 12.5 Å². The SMILES string of the molecule is COC(=O)[C@@]1(C)CCC[C@]2(C)c3cc(O)ccc3CCC12. The van der Waals surface area contributed by atoms with E-state index in [-0.39, 0.29) is 17.3 Å². The zero-order valence-corrected chi connectivity index (χ0v) is 13.1. The fraction of sp³-hybridized carbons (Fsp3) is 0.611. The van der Waals surface area contributed by atoms with Gasteiger partial charge in [-0.2, -0.15) is 0 Å². The Morgan fingerprint density at radius 2 is 2.10 bits per heavy atom. The van der Waals surface area contributed by atoms with Gasteiger partial charge in [0.15, 0.2) is 0 Å². The summed E-state index contributed by atoms with van der Waals surface area (Å²) in [5.41, 5.74) is 2.09. The first kappa shape index (κ1) is 14.4. The van der Waals surface area contributed by atoms with Crippen molar-refractivity contribution < 1.29 is 14.6 Å². The summed E-state index contributed by atoms with van der Waals surface area (Å²) >= 11 is 0. The second-order valence-electron chi connectivity index (χ2n) is 7.11. The molecule has 0 spiro atoms. The monoisotopic (exact) mass is 288 g/mol. The molecule has 1 unspecified atom stereocenters. The molecule has 0 amide bonds. The van der Waals surface area contributed by atoms with E-state index in [0.717, 1.165) is 32.1 Å². The van der Waals surface area contributed by atoms with Crippen molar-refractivity contribution in [1.82, 2.24) is 0 Å². The molecule has 0 bridgehead atoms. The number of phenols is 1. The fourth-order valence-corrected chi connectivity index (χ4v) is 4.93. The minimum Gasteiger partial charge on any atom is -0.508 e. The predicted octanol–water partition coefficient (Wildman–Crippen LogP) is 3.58. The summed E-state index contributed by atoms with van der Waals surface area (Å²) in [6.45, 7) is 4.32. The summed E-state index contributed by atoms with van der Waals surface area (Å²) in [4.78, 5) is 12.4. The van der Waals surface area contributed by atoms with Gasteiger partial charge in [-0.3, -0.25) is 4.79 Å². The Balaban J connectivity index is 2.10. The lowest BCUT2D eigenvalue weighted by atomic mass is 9.50. The maximum atomic E-state index is 12.4. The van der Waals surface area contributed by atoms with Gasteiger partial charge in [-0.05, 0) is 67.2 Å². The van der Waals surface area contributed by atoms with E-state index >= 15 is 0 Å². The van der Waals surface area contributed by atoms with Gasteiger partial charge in [0.25, 0.3) is 0 Å². The average molecular weight is 288 g/mol. The van der Waals surface area contributed by atoms with E-state index < -0.39 is 5.41 Å². The molecule has 3 nitrogen and oxygen atoms in total. The lowest BCUT2D eigenvalue weighted by Gasteiger charge is -2.54. The van der Waals surface area contributed by atoms with E-state index in [4.69, 9.17) is 4.74 Å². The number of aryl methyl sites for hydroxylation is 1. The van der Waals surface area contributed by atoms with E-state index in [1.807, 2.05) is 12.1 Å². The van der Waals surface area contributed by atoms with E-state index in [1.54, 1.807) is 6.07 Å². The van der Waals surface area contributed by atoms with Gasteiger partial charge in [0.1, 0.15) is 5.75 Å². The summed E-state index contributed by atoms with van der Waals surface area (Å²) < 4.78 is 5.11. The van der Waals surface area contributed by atoms with Crippen LogP contribution in [0.1, 0.15) is 50.7 Å². The molecule has 2 aliphatic rings. The van der Waals surface area contributed by atoms with Gasteiger partial charge in [0, 0.05) is 0 Å². The number of hydrogen-bond donors (Lipinski definition) is 1. The fourth-order valence-electron chi connectivity index (χ4n) is 4.93. The highest BCUT2D eigenvalue weighted by molar-refractivity contribution is 5.77. The smallest absolute Gasteiger partial charge is 0.311 e. The van der Waals surface area contributed by atoms with Crippen molar-refractivity contribution in [3.63, 3.8) is 0 Å². The zero-order chi connectivity index (χ0) is 15.3. The highest BCUT2D eigenvalue weighted by atomic mass is 16.5. The van der Waals surface area contributed by atoms with Gasteiger partial charge >= 0.3 is 5.97 Å². The van der Waals surface area contributed by atoms with Crippen LogP contribution in [0.15, 0.2) is 18.2 Å². The van der Waals surface area contributed by atoms with Crippen LogP contribution in [0.2, 0.25) is 0 Å². The van der Waals surface area contributed by atoms with Crippen LogP contribution < -0.4 is 0 Å². The van der Waals surface area contributed by atoms with Crippen LogP contribution in [-0.2, 0) is 21.4 Å². The number of rotatable bonds is 1. The second-order valence-corrected chi connectivity index (χ2v) is 7.11. The van der Waals surface area contributed by atoms with Crippen molar-refractivity contribution in [2.45, 2.75) is 51.4 Å². The number of carbonyl (C=O) groups is 1. The third kappa shape index (κ3) is 1.97. The van der Waals surface area contributed by atoms with Crippen LogP contribution in [0.3, 0.4) is 0 Å². The van der Waals surface area contributed by atoms with Gasteiger partial charge in [0.2, 0.25) is 0 Å². The van der Waals surface area contributed by atoms with Crippen LogP contribution in [0.25, 0.3) is 0 Å². The topological polar surface area (TPSA) is 46.5 Å². The summed E-state index contributed by atoms with van der Waals surface area (Å²) in [6, 6.07) is 5.71. The first-order valence-corrected chi connectivity index (χ1v) is 7.82. The summed E-state index contributed by atoms with van der Waals surface area (Å²) in [6.07, 6.45) is 4.98. The predicted molar refractivity (Wildman–Crippen MR) is 81.2 cm³/mol. The van der Waals surface area contributed by atoms with E-state index in [1.165, 1.54) is 18.2 Å². The third-order valence-corrected chi connectivity index (χ3v) is 5.99. The second kappa shape index (κ2) is 4.75. The normalized spacial score (nSPS) is 34.7. The molecule has 114 valence electrons. The first-order valence-electron chi connectivity index (χ1n) is 7.82. The number of ether oxygens (including phenoxy) is 1. The van der Waals surface area contributed by atoms with Gasteiger partial charge in [-0.1, -0.05) is 19.4 Å². The Labute approximate surface area is 126 Å². The molecule has 3 rings (SSSR count). The lowest BCUT2D eigenvalue weighted by Crippen LogP contribution is -2.52. The molecule has 0 radical (unpaired) electrons. The molecule has 2 aliphatic carbocycles. The Morgan fingerprint density at radius 1 is 1.33 bits per heavy atom. The van der Waals surface area contributed by atoms with Crippen LogP contribution >= 0.6 is 0 Å². The molecular weight excluding hydrogens is 264 g/mol. The summed E-state index contributed by atoms with van der Waals surface area (Å²) in [5, 5.41) is 9.89. The molecule has 1 fully saturated rings. The van der Waals surface area contributed by atoms with Crippen molar-refractivity contribution in [3.05, 3.63) is 29.3 Å².